The quantitative estimate of drug-likeness (QED) is 0.605. The highest BCUT2D eigenvalue weighted by Gasteiger charge is 2.24. The summed E-state index contributed by atoms with van der Waals surface area (Å²) in [5.41, 5.74) is 2.60. The Morgan fingerprint density at radius 3 is 2.78 bits per heavy atom. The summed E-state index contributed by atoms with van der Waals surface area (Å²) in [6, 6.07) is 7.30. The van der Waals surface area contributed by atoms with Crippen LogP contribution < -0.4 is 9.64 Å². The van der Waals surface area contributed by atoms with Crippen LogP contribution in [0.3, 0.4) is 0 Å². The van der Waals surface area contributed by atoms with E-state index in [-0.39, 0.29) is 0 Å². The molecule has 27 heavy (non-hydrogen) atoms. The van der Waals surface area contributed by atoms with Crippen molar-refractivity contribution >= 4 is 5.69 Å². The number of hydrogen-bond donors (Lipinski definition) is 0. The summed E-state index contributed by atoms with van der Waals surface area (Å²) in [5.74, 6) is 1.05. The van der Waals surface area contributed by atoms with Crippen molar-refractivity contribution in [2.75, 3.05) is 57.8 Å². The van der Waals surface area contributed by atoms with Crippen LogP contribution in [-0.4, -0.2) is 68.8 Å². The lowest BCUT2D eigenvalue weighted by atomic mass is 10.0. The molecule has 0 radical (unpaired) electrons. The van der Waals surface area contributed by atoms with Gasteiger partial charge in [0, 0.05) is 32.2 Å². The first-order chi connectivity index (χ1) is 13.2. The number of nitrogens with zero attached hydrogens (tertiary/aromatic N) is 3. The van der Waals surface area contributed by atoms with Crippen molar-refractivity contribution in [2.24, 2.45) is 0 Å². The Labute approximate surface area is 166 Å². The molecule has 1 atom stereocenters. The first kappa shape index (κ1) is 20.5. The zero-order valence-corrected chi connectivity index (χ0v) is 17.8. The molecule has 0 bridgehead atoms. The molecule has 0 aromatic heterocycles. The van der Waals surface area contributed by atoms with Crippen LogP contribution in [0.25, 0.3) is 0 Å². The lowest BCUT2D eigenvalue weighted by Crippen LogP contribution is -2.51. The minimum atomic E-state index is 0.752. The molecule has 1 saturated heterocycles. The van der Waals surface area contributed by atoms with E-state index in [0.717, 1.165) is 31.5 Å². The Hall–Kier alpha value is -1.26. The van der Waals surface area contributed by atoms with Crippen LogP contribution in [0, 0.1) is 6.92 Å². The molecule has 1 fully saturated rings. The lowest BCUT2D eigenvalue weighted by molar-refractivity contribution is 0.0884. The highest BCUT2D eigenvalue weighted by Crippen LogP contribution is 2.32. The van der Waals surface area contributed by atoms with E-state index in [1.54, 1.807) is 0 Å². The van der Waals surface area contributed by atoms with Gasteiger partial charge in [-0.05, 0) is 51.1 Å². The average molecular weight is 374 g/mol. The zero-order valence-electron chi connectivity index (χ0n) is 17.8. The van der Waals surface area contributed by atoms with Crippen LogP contribution in [-0.2, 0) is 0 Å². The smallest absolute Gasteiger partial charge is 0.142 e. The van der Waals surface area contributed by atoms with Crippen molar-refractivity contribution in [1.29, 1.82) is 0 Å². The van der Waals surface area contributed by atoms with Gasteiger partial charge >= 0.3 is 0 Å². The SMILES string of the molecule is CCCCCCC1CN(CCCN2CCOc3ccc(C)cc32)CCN1C. The number of hydrogen-bond acceptors (Lipinski definition) is 4. The standard InChI is InChI=1S/C23H39N3O/c1-4-5-6-7-9-21-19-25(15-14-24(21)3)12-8-13-26-16-17-27-23-11-10-20(2)18-22(23)26/h10-11,18,21H,4-9,12-17,19H2,1-3H3. The number of likely N-dealkylation sites (N-methyl/N-ethyl adjacent to an activating group) is 1. The van der Waals surface area contributed by atoms with Crippen molar-refractivity contribution in [1.82, 2.24) is 9.80 Å². The summed E-state index contributed by atoms with van der Waals surface area (Å²) in [6.45, 7) is 12.3. The van der Waals surface area contributed by atoms with Crippen LogP contribution in [0.15, 0.2) is 18.2 Å². The van der Waals surface area contributed by atoms with Gasteiger partial charge in [-0.25, -0.2) is 0 Å². The van der Waals surface area contributed by atoms with Crippen LogP contribution in [0.4, 0.5) is 5.69 Å². The predicted molar refractivity (Wildman–Crippen MR) is 115 cm³/mol. The van der Waals surface area contributed by atoms with Gasteiger partial charge in [0.25, 0.3) is 0 Å². The van der Waals surface area contributed by atoms with E-state index in [0.29, 0.717) is 0 Å². The minimum absolute atomic E-state index is 0.752. The lowest BCUT2D eigenvalue weighted by Gasteiger charge is -2.40. The van der Waals surface area contributed by atoms with E-state index in [2.05, 4.69) is 53.8 Å². The normalized spacial score (nSPS) is 21.1. The van der Waals surface area contributed by atoms with Crippen LogP contribution in [0.5, 0.6) is 5.75 Å². The summed E-state index contributed by atoms with van der Waals surface area (Å²) in [4.78, 5) is 7.80. The Bertz CT molecular complexity index is 577. The number of unbranched alkanes of at least 4 members (excludes halogenated alkanes) is 3. The molecule has 2 heterocycles. The number of aryl methyl sites for hydroxylation is 1. The maximum atomic E-state index is 5.83. The fourth-order valence-electron chi connectivity index (χ4n) is 4.43. The highest BCUT2D eigenvalue weighted by atomic mass is 16.5. The second kappa shape index (κ2) is 10.3. The average Bonchev–Trinajstić information content (AvgIpc) is 2.67. The number of piperazine rings is 1. The molecule has 1 aromatic carbocycles. The first-order valence-corrected chi connectivity index (χ1v) is 11.1. The molecule has 4 heteroatoms. The van der Waals surface area contributed by atoms with Gasteiger partial charge in [0.1, 0.15) is 12.4 Å². The third kappa shape index (κ3) is 5.86. The van der Waals surface area contributed by atoms with Gasteiger partial charge in [0.15, 0.2) is 0 Å². The molecule has 2 aliphatic heterocycles. The van der Waals surface area contributed by atoms with Gasteiger partial charge in [0.05, 0.1) is 12.2 Å². The fraction of sp³-hybridized carbons (Fsp3) is 0.739. The second-order valence-electron chi connectivity index (χ2n) is 8.44. The molecule has 0 spiro atoms. The van der Waals surface area contributed by atoms with Crippen LogP contribution in [0.1, 0.15) is 51.0 Å². The largest absolute Gasteiger partial charge is 0.490 e. The maximum Gasteiger partial charge on any atom is 0.142 e. The molecular formula is C23H39N3O. The van der Waals surface area contributed by atoms with Gasteiger partial charge in [-0.2, -0.15) is 0 Å². The Morgan fingerprint density at radius 1 is 1.04 bits per heavy atom. The third-order valence-corrected chi connectivity index (χ3v) is 6.23. The van der Waals surface area contributed by atoms with Crippen LogP contribution >= 0.6 is 0 Å². The van der Waals surface area contributed by atoms with Gasteiger partial charge in [-0.15, -0.1) is 0 Å². The minimum Gasteiger partial charge on any atom is -0.490 e. The molecule has 0 N–H and O–H groups in total. The molecule has 0 saturated carbocycles. The van der Waals surface area contributed by atoms with Crippen molar-refractivity contribution in [2.45, 2.75) is 58.4 Å². The highest BCUT2D eigenvalue weighted by molar-refractivity contribution is 5.61. The maximum absolute atomic E-state index is 5.83. The van der Waals surface area contributed by atoms with E-state index in [4.69, 9.17) is 4.74 Å². The van der Waals surface area contributed by atoms with E-state index < -0.39 is 0 Å². The molecule has 1 aromatic rings. The monoisotopic (exact) mass is 373 g/mol. The van der Waals surface area contributed by atoms with Gasteiger partial charge in [0.2, 0.25) is 0 Å². The molecular weight excluding hydrogens is 334 g/mol. The third-order valence-electron chi connectivity index (χ3n) is 6.23. The predicted octanol–water partition coefficient (Wildman–Crippen LogP) is 4.17. The number of ether oxygens (including phenoxy) is 1. The first-order valence-electron chi connectivity index (χ1n) is 11.1. The summed E-state index contributed by atoms with van der Waals surface area (Å²) in [6.07, 6.45) is 8.11. The summed E-state index contributed by atoms with van der Waals surface area (Å²) < 4.78 is 5.83. The molecule has 1 unspecified atom stereocenters. The zero-order chi connectivity index (χ0) is 19.1. The molecule has 152 valence electrons. The summed E-state index contributed by atoms with van der Waals surface area (Å²) in [7, 11) is 2.31. The topological polar surface area (TPSA) is 19.0 Å². The molecule has 4 nitrogen and oxygen atoms in total. The van der Waals surface area contributed by atoms with E-state index in [9.17, 15) is 0 Å². The van der Waals surface area contributed by atoms with E-state index in [1.807, 2.05) is 0 Å². The Morgan fingerprint density at radius 2 is 1.93 bits per heavy atom. The number of rotatable bonds is 9. The van der Waals surface area contributed by atoms with Gasteiger partial charge < -0.3 is 19.4 Å². The van der Waals surface area contributed by atoms with Crippen molar-refractivity contribution in [3.8, 4) is 5.75 Å². The van der Waals surface area contributed by atoms with Gasteiger partial charge in [-0.3, -0.25) is 0 Å². The number of benzene rings is 1. The summed E-state index contributed by atoms with van der Waals surface area (Å²) in [5, 5.41) is 0. The number of anilines is 1. The number of fused-ring (bicyclic) bond motifs is 1. The van der Waals surface area contributed by atoms with Crippen LogP contribution in [0.2, 0.25) is 0 Å². The van der Waals surface area contributed by atoms with E-state index >= 15 is 0 Å². The van der Waals surface area contributed by atoms with Crippen molar-refractivity contribution < 1.29 is 4.74 Å². The Balaban J connectivity index is 1.43. The van der Waals surface area contributed by atoms with Crippen molar-refractivity contribution in [3.63, 3.8) is 0 Å². The van der Waals surface area contributed by atoms with Crippen molar-refractivity contribution in [3.05, 3.63) is 23.8 Å². The molecule has 2 aliphatic rings. The summed E-state index contributed by atoms with van der Waals surface area (Å²) >= 11 is 0. The molecule has 3 rings (SSSR count). The fourth-order valence-corrected chi connectivity index (χ4v) is 4.43. The second-order valence-corrected chi connectivity index (χ2v) is 8.44. The van der Waals surface area contributed by atoms with Gasteiger partial charge in [-0.1, -0.05) is 38.7 Å². The Kier molecular flexibility index (Phi) is 7.83. The molecule has 0 amide bonds. The molecule has 0 aliphatic carbocycles. The van der Waals surface area contributed by atoms with E-state index in [1.165, 1.54) is 76.0 Å².